The maximum atomic E-state index is 11.0. The van der Waals surface area contributed by atoms with E-state index in [0.29, 0.717) is 26.1 Å². The number of hydrogen-bond donors (Lipinski definition) is 1. The van der Waals surface area contributed by atoms with Crippen LogP contribution in [0.15, 0.2) is 59.2 Å². The molecule has 1 spiro atoms. The van der Waals surface area contributed by atoms with E-state index < -0.39 is 17.2 Å². The molecule has 3 aliphatic carbocycles. The number of fused-ring (bicyclic) bond motifs is 2. The molecule has 0 amide bonds. The highest BCUT2D eigenvalue weighted by Crippen LogP contribution is 2.61. The first-order chi connectivity index (χ1) is 13.6. The van der Waals surface area contributed by atoms with Crippen molar-refractivity contribution in [1.29, 1.82) is 0 Å². The molecule has 3 heterocycles. The van der Waals surface area contributed by atoms with Gasteiger partial charge in [0.25, 0.3) is 0 Å². The summed E-state index contributed by atoms with van der Waals surface area (Å²) in [5, 5.41) is 9.00. The lowest BCUT2D eigenvalue weighted by molar-refractivity contribution is -0.131. The van der Waals surface area contributed by atoms with Crippen LogP contribution in [0.25, 0.3) is 12.2 Å². The van der Waals surface area contributed by atoms with Gasteiger partial charge in [0.2, 0.25) is 0 Å². The molecule has 0 radical (unpaired) electrons. The second-order valence-corrected chi connectivity index (χ2v) is 7.82. The van der Waals surface area contributed by atoms with Crippen LogP contribution in [0.4, 0.5) is 0 Å². The van der Waals surface area contributed by atoms with E-state index in [1.54, 1.807) is 6.08 Å². The van der Waals surface area contributed by atoms with Crippen LogP contribution in [-0.4, -0.2) is 35.5 Å². The Morgan fingerprint density at radius 2 is 2.11 bits per heavy atom. The number of carboxylic acid groups (broad SMARTS) is 1. The van der Waals surface area contributed by atoms with Crippen LogP contribution in [-0.2, 0) is 9.53 Å². The predicted molar refractivity (Wildman–Crippen MR) is 103 cm³/mol. The Kier molecular flexibility index (Phi) is 3.00. The SMILES string of the molecule is O=C(O)/C=C/CC12CC3=CC4=Cc5cc6c(cc5OC41C(=C3)CO2)OCC=C6. The van der Waals surface area contributed by atoms with E-state index in [0.717, 1.165) is 33.8 Å². The fourth-order valence-electron chi connectivity index (χ4n) is 5.16. The maximum Gasteiger partial charge on any atom is 0.327 e. The lowest BCUT2D eigenvalue weighted by Crippen LogP contribution is -2.60. The van der Waals surface area contributed by atoms with Crippen LogP contribution < -0.4 is 9.47 Å². The summed E-state index contributed by atoms with van der Waals surface area (Å²) in [7, 11) is 0. The van der Waals surface area contributed by atoms with Crippen LogP contribution in [0.1, 0.15) is 24.0 Å². The standard InChI is InChI=1S/C23H18O5/c24-21(25)4-1-5-22-12-14-7-17-10-16-9-15-3-2-6-26-19(15)11-20(16)28-23(17,22)18(8-14)13-27-22/h1-4,7-11H,5-6,12-13H2,(H,24,25)/b4-1+. The van der Waals surface area contributed by atoms with Crippen LogP contribution >= 0.6 is 0 Å². The first-order valence-electron chi connectivity index (χ1n) is 9.43. The summed E-state index contributed by atoms with van der Waals surface area (Å²) in [5.74, 6) is 0.643. The molecule has 1 aromatic rings. The van der Waals surface area contributed by atoms with Crippen molar-refractivity contribution >= 4 is 18.1 Å². The average Bonchev–Trinajstić information content (AvgIpc) is 2.86. The predicted octanol–water partition coefficient (Wildman–Crippen LogP) is 3.68. The second-order valence-electron chi connectivity index (χ2n) is 7.82. The second kappa shape index (κ2) is 5.26. The monoisotopic (exact) mass is 374 g/mol. The van der Waals surface area contributed by atoms with Gasteiger partial charge in [-0.25, -0.2) is 4.79 Å². The third-order valence-electron chi connectivity index (χ3n) is 6.25. The molecule has 1 fully saturated rings. The average molecular weight is 374 g/mol. The number of hydrogen-bond acceptors (Lipinski definition) is 4. The summed E-state index contributed by atoms with van der Waals surface area (Å²) in [6.45, 7) is 1.05. The van der Waals surface area contributed by atoms with Gasteiger partial charge in [0.1, 0.15) is 23.7 Å². The summed E-state index contributed by atoms with van der Waals surface area (Å²) < 4.78 is 18.8. The molecule has 3 aliphatic heterocycles. The molecule has 7 rings (SSSR count). The minimum absolute atomic E-state index is 0.477. The lowest BCUT2D eigenvalue weighted by Gasteiger charge is -2.52. The summed E-state index contributed by atoms with van der Waals surface area (Å²) in [6.07, 6.45) is 14.7. The largest absolute Gasteiger partial charge is 0.489 e. The molecular weight excluding hydrogens is 356 g/mol. The minimum Gasteiger partial charge on any atom is -0.489 e. The highest BCUT2D eigenvalue weighted by Gasteiger charge is 2.67. The molecule has 28 heavy (non-hydrogen) atoms. The van der Waals surface area contributed by atoms with Gasteiger partial charge < -0.3 is 19.3 Å². The quantitative estimate of drug-likeness (QED) is 0.818. The van der Waals surface area contributed by atoms with Gasteiger partial charge in [-0.1, -0.05) is 24.3 Å². The van der Waals surface area contributed by atoms with Crippen molar-refractivity contribution < 1.29 is 24.1 Å². The molecule has 1 saturated heterocycles. The third kappa shape index (κ3) is 1.92. The summed E-state index contributed by atoms with van der Waals surface area (Å²) >= 11 is 0. The first kappa shape index (κ1) is 16.0. The topological polar surface area (TPSA) is 65.0 Å². The number of ether oxygens (including phenoxy) is 3. The molecule has 0 saturated carbocycles. The van der Waals surface area contributed by atoms with Gasteiger partial charge in [-0.2, -0.15) is 0 Å². The van der Waals surface area contributed by atoms with Gasteiger partial charge in [0, 0.05) is 40.8 Å². The molecule has 1 aromatic carbocycles. The fraction of sp³-hybridized carbons (Fsp3) is 0.261. The Balaban J connectivity index is 1.51. The molecule has 0 aromatic heterocycles. The van der Waals surface area contributed by atoms with E-state index in [1.807, 2.05) is 12.1 Å². The van der Waals surface area contributed by atoms with Gasteiger partial charge in [-0.05, 0) is 30.2 Å². The number of carbonyl (C=O) groups is 1. The van der Waals surface area contributed by atoms with Crippen molar-refractivity contribution in [1.82, 2.24) is 0 Å². The van der Waals surface area contributed by atoms with E-state index in [4.69, 9.17) is 19.3 Å². The van der Waals surface area contributed by atoms with Gasteiger partial charge in [0.05, 0.1) is 6.61 Å². The molecule has 2 unspecified atom stereocenters. The fourth-order valence-corrected chi connectivity index (χ4v) is 5.16. The van der Waals surface area contributed by atoms with E-state index in [2.05, 4.69) is 30.4 Å². The van der Waals surface area contributed by atoms with Crippen LogP contribution in [0.2, 0.25) is 0 Å². The maximum absolute atomic E-state index is 11.0. The zero-order valence-electron chi connectivity index (χ0n) is 15.1. The van der Waals surface area contributed by atoms with Crippen molar-refractivity contribution in [3.63, 3.8) is 0 Å². The van der Waals surface area contributed by atoms with E-state index in [9.17, 15) is 4.79 Å². The van der Waals surface area contributed by atoms with Crippen molar-refractivity contribution in [3.05, 3.63) is 70.4 Å². The van der Waals surface area contributed by atoms with E-state index in [1.165, 1.54) is 11.6 Å². The Hall–Kier alpha value is -3.05. The highest BCUT2D eigenvalue weighted by molar-refractivity contribution is 5.80. The number of carboxylic acids is 1. The van der Waals surface area contributed by atoms with Gasteiger partial charge in [-0.15, -0.1) is 0 Å². The zero-order valence-corrected chi connectivity index (χ0v) is 15.1. The van der Waals surface area contributed by atoms with Gasteiger partial charge in [-0.3, -0.25) is 0 Å². The van der Waals surface area contributed by atoms with Gasteiger partial charge in [0.15, 0.2) is 5.60 Å². The molecule has 6 aliphatic rings. The Bertz CT molecular complexity index is 1090. The Morgan fingerprint density at radius 3 is 3.00 bits per heavy atom. The van der Waals surface area contributed by atoms with Crippen LogP contribution in [0.5, 0.6) is 11.5 Å². The number of allylic oxidation sites excluding steroid dienone is 1. The van der Waals surface area contributed by atoms with E-state index >= 15 is 0 Å². The zero-order chi connectivity index (χ0) is 18.9. The van der Waals surface area contributed by atoms with Crippen molar-refractivity contribution in [2.75, 3.05) is 13.2 Å². The number of benzene rings is 1. The highest BCUT2D eigenvalue weighted by atomic mass is 16.6. The minimum atomic E-state index is -0.953. The summed E-state index contributed by atoms with van der Waals surface area (Å²) in [6, 6.07) is 4.06. The molecule has 5 nitrogen and oxygen atoms in total. The molecule has 2 atom stereocenters. The summed E-state index contributed by atoms with van der Waals surface area (Å²) in [5.41, 5.74) is 4.15. The first-order valence-corrected chi connectivity index (χ1v) is 9.43. The third-order valence-corrected chi connectivity index (χ3v) is 6.25. The smallest absolute Gasteiger partial charge is 0.327 e. The van der Waals surface area contributed by atoms with E-state index in [-0.39, 0.29) is 0 Å². The van der Waals surface area contributed by atoms with Crippen LogP contribution in [0, 0.1) is 0 Å². The van der Waals surface area contributed by atoms with Crippen molar-refractivity contribution in [2.24, 2.45) is 0 Å². The number of rotatable bonds is 3. The summed E-state index contributed by atoms with van der Waals surface area (Å²) in [4.78, 5) is 11.0. The Labute approximate surface area is 161 Å². The van der Waals surface area contributed by atoms with Crippen molar-refractivity contribution in [3.8, 4) is 11.5 Å². The lowest BCUT2D eigenvalue weighted by atomic mass is 9.61. The molecule has 4 bridgehead atoms. The normalized spacial score (nSPS) is 30.5. The molecule has 1 N–H and O–H groups in total. The van der Waals surface area contributed by atoms with Crippen molar-refractivity contribution in [2.45, 2.75) is 24.0 Å². The molecular formula is C23H18O5. The number of aliphatic carboxylic acids is 1. The Morgan fingerprint density at radius 1 is 1.18 bits per heavy atom. The van der Waals surface area contributed by atoms with Crippen LogP contribution in [0.3, 0.4) is 0 Å². The van der Waals surface area contributed by atoms with Gasteiger partial charge >= 0.3 is 5.97 Å². The molecule has 140 valence electrons. The molecule has 5 heteroatoms.